The topological polar surface area (TPSA) is 97.4 Å². The zero-order chi connectivity index (χ0) is 20.1. The number of thioether (sulfide) groups is 1. The van der Waals surface area contributed by atoms with Gasteiger partial charge in [0, 0.05) is 18.2 Å². The highest BCUT2D eigenvalue weighted by atomic mass is 35.5. The molecule has 0 aliphatic carbocycles. The lowest BCUT2D eigenvalue weighted by molar-refractivity contribution is -0.704. The van der Waals surface area contributed by atoms with Crippen molar-refractivity contribution < 1.29 is 23.5 Å². The predicted molar refractivity (Wildman–Crippen MR) is 105 cm³/mol. The summed E-state index contributed by atoms with van der Waals surface area (Å²) in [5.74, 6) is 0.465. The number of methoxy groups -OCH3 is 2. The first-order valence-electron chi connectivity index (χ1n) is 8.06. The molecule has 28 heavy (non-hydrogen) atoms. The number of nitrogens with one attached hydrogen (secondary N) is 2. The van der Waals surface area contributed by atoms with E-state index in [1.54, 1.807) is 18.2 Å². The molecule has 1 aromatic heterocycles. The lowest BCUT2D eigenvalue weighted by atomic mass is 10.2. The number of halogens is 1. The number of anilines is 1. The van der Waals surface area contributed by atoms with Crippen LogP contribution in [0.25, 0.3) is 5.69 Å². The van der Waals surface area contributed by atoms with E-state index in [1.807, 2.05) is 18.2 Å². The molecule has 0 spiro atoms. The molecule has 3 rings (SSSR count). The van der Waals surface area contributed by atoms with Gasteiger partial charge < -0.3 is 14.8 Å². The van der Waals surface area contributed by atoms with Crippen LogP contribution in [0.5, 0.6) is 11.5 Å². The van der Waals surface area contributed by atoms with Gasteiger partial charge in [-0.25, -0.2) is 4.79 Å². The first-order chi connectivity index (χ1) is 13.5. The highest BCUT2D eigenvalue weighted by molar-refractivity contribution is 7.99. The molecule has 0 fully saturated rings. The Hall–Kier alpha value is -2.91. The number of rotatable bonds is 7. The molecular formula is C18H17ClN3O5S+. The van der Waals surface area contributed by atoms with Crippen molar-refractivity contribution in [3.63, 3.8) is 0 Å². The quantitative estimate of drug-likeness (QED) is 0.448. The van der Waals surface area contributed by atoms with E-state index in [-0.39, 0.29) is 16.7 Å². The molecule has 2 aromatic carbocycles. The summed E-state index contributed by atoms with van der Waals surface area (Å²) in [5, 5.41) is 5.83. The lowest BCUT2D eigenvalue weighted by Gasteiger charge is -2.12. The molecule has 1 amide bonds. The number of nitrogens with zero attached hydrogens (tertiary/aromatic N) is 1. The zero-order valence-corrected chi connectivity index (χ0v) is 16.6. The first kappa shape index (κ1) is 19.8. The Morgan fingerprint density at radius 1 is 1.21 bits per heavy atom. The molecule has 10 heteroatoms. The molecule has 0 saturated heterocycles. The van der Waals surface area contributed by atoms with Gasteiger partial charge in [0.05, 0.1) is 30.7 Å². The molecule has 3 aromatic rings. The summed E-state index contributed by atoms with van der Waals surface area (Å²) in [6.07, 6.45) is 0. The molecule has 0 atom stereocenters. The van der Waals surface area contributed by atoms with Gasteiger partial charge in [0.2, 0.25) is 11.6 Å². The summed E-state index contributed by atoms with van der Waals surface area (Å²) in [6.45, 7) is 0. The number of para-hydroxylation sites is 1. The maximum Gasteiger partial charge on any atom is 0.442 e. The van der Waals surface area contributed by atoms with Crippen LogP contribution in [0.1, 0.15) is 0 Å². The predicted octanol–water partition coefficient (Wildman–Crippen LogP) is 2.65. The van der Waals surface area contributed by atoms with Crippen LogP contribution in [0.15, 0.2) is 56.8 Å². The smallest absolute Gasteiger partial charge is 0.442 e. The molecule has 1 heterocycles. The van der Waals surface area contributed by atoms with E-state index in [1.165, 1.54) is 25.0 Å². The molecule has 0 saturated carbocycles. The van der Waals surface area contributed by atoms with E-state index in [2.05, 4.69) is 10.6 Å². The molecule has 0 radical (unpaired) electrons. The van der Waals surface area contributed by atoms with Crippen molar-refractivity contribution in [3.05, 3.63) is 57.9 Å². The largest absolute Gasteiger partial charge is 0.495 e. The average Bonchev–Trinajstić information content (AvgIpc) is 3.07. The minimum Gasteiger partial charge on any atom is -0.495 e. The second-order valence-corrected chi connectivity index (χ2v) is 6.85. The normalized spacial score (nSPS) is 10.5. The molecule has 8 nitrogen and oxygen atoms in total. The SMILES string of the molecule is COc1cc(OC)c(NC(=O)CSc2c(=O)o[nH][n+]2-c2ccccc2)cc1Cl. The number of hydrogen-bond donors (Lipinski definition) is 2. The standard InChI is InChI=1S/C18H16ClN3O5S/c1-25-14-9-15(26-2)13(8-12(14)19)20-16(23)10-28-17-18(24)27-21-22(17)11-6-4-3-5-7-11/h3-9H,10H2,1-2H3,(H-,20,21,23,24)/p+1. The van der Waals surface area contributed by atoms with E-state index in [0.717, 1.165) is 11.8 Å². The van der Waals surface area contributed by atoms with Gasteiger partial charge >= 0.3 is 10.7 Å². The van der Waals surface area contributed by atoms with Crippen molar-refractivity contribution in [1.82, 2.24) is 5.27 Å². The highest BCUT2D eigenvalue weighted by Crippen LogP contribution is 2.35. The van der Waals surface area contributed by atoms with Gasteiger partial charge in [-0.3, -0.25) is 9.32 Å². The van der Waals surface area contributed by atoms with E-state index >= 15 is 0 Å². The van der Waals surface area contributed by atoms with Gasteiger partial charge in [0.25, 0.3) is 0 Å². The van der Waals surface area contributed by atoms with E-state index in [9.17, 15) is 9.59 Å². The summed E-state index contributed by atoms with van der Waals surface area (Å²) in [5.41, 5.74) is 0.544. The van der Waals surface area contributed by atoms with Crippen molar-refractivity contribution >= 4 is 35.0 Å². The third-order valence-corrected chi connectivity index (χ3v) is 5.03. The van der Waals surface area contributed by atoms with Crippen LogP contribution < -0.4 is 25.1 Å². The van der Waals surface area contributed by atoms with Crippen molar-refractivity contribution in [2.45, 2.75) is 5.03 Å². The summed E-state index contributed by atoms with van der Waals surface area (Å²) in [7, 11) is 2.96. The monoisotopic (exact) mass is 422 g/mol. The number of carbonyl (C=O) groups excluding carboxylic acids is 1. The second kappa shape index (κ2) is 8.85. The van der Waals surface area contributed by atoms with Crippen LogP contribution in [0.2, 0.25) is 5.02 Å². The van der Waals surface area contributed by atoms with Crippen LogP contribution in [-0.2, 0) is 4.79 Å². The summed E-state index contributed by atoms with van der Waals surface area (Å²) >= 11 is 7.15. The van der Waals surface area contributed by atoms with Crippen LogP contribution in [0.4, 0.5) is 5.69 Å². The number of benzene rings is 2. The maximum atomic E-state index is 12.4. The summed E-state index contributed by atoms with van der Waals surface area (Å²) in [4.78, 5) is 24.4. The van der Waals surface area contributed by atoms with Crippen molar-refractivity contribution in [1.29, 1.82) is 0 Å². The zero-order valence-electron chi connectivity index (χ0n) is 15.0. The van der Waals surface area contributed by atoms with Gasteiger partial charge in [-0.15, -0.1) is 0 Å². The Morgan fingerprint density at radius 3 is 2.61 bits per heavy atom. The Labute approximate surface area is 169 Å². The lowest BCUT2D eigenvalue weighted by Crippen LogP contribution is -2.36. The highest BCUT2D eigenvalue weighted by Gasteiger charge is 2.25. The van der Waals surface area contributed by atoms with E-state index in [0.29, 0.717) is 27.9 Å². The summed E-state index contributed by atoms with van der Waals surface area (Å²) < 4.78 is 16.7. The van der Waals surface area contributed by atoms with Gasteiger partial charge in [-0.05, 0) is 27.8 Å². The maximum absolute atomic E-state index is 12.4. The molecule has 0 aliphatic rings. The number of amides is 1. The number of aromatic amines is 1. The van der Waals surface area contributed by atoms with Crippen LogP contribution >= 0.6 is 23.4 Å². The molecule has 0 unspecified atom stereocenters. The molecule has 146 valence electrons. The average molecular weight is 423 g/mol. The first-order valence-corrected chi connectivity index (χ1v) is 9.43. The fourth-order valence-electron chi connectivity index (χ4n) is 2.41. The minimum atomic E-state index is -0.563. The Balaban J connectivity index is 1.73. The third-order valence-electron chi connectivity index (χ3n) is 3.71. The Morgan fingerprint density at radius 2 is 1.93 bits per heavy atom. The minimum absolute atomic E-state index is 0.0255. The number of aromatic nitrogens is 2. The van der Waals surface area contributed by atoms with Crippen molar-refractivity contribution in [2.24, 2.45) is 0 Å². The fourth-order valence-corrected chi connectivity index (χ4v) is 3.42. The van der Waals surface area contributed by atoms with Gasteiger partial charge in [0.1, 0.15) is 11.5 Å². The van der Waals surface area contributed by atoms with E-state index < -0.39 is 5.63 Å². The van der Waals surface area contributed by atoms with Crippen molar-refractivity contribution in [3.8, 4) is 17.2 Å². The number of H-pyrrole nitrogens is 1. The molecule has 0 bridgehead atoms. The van der Waals surface area contributed by atoms with Crippen LogP contribution in [-0.4, -0.2) is 31.2 Å². The Kier molecular flexibility index (Phi) is 6.27. The molecular weight excluding hydrogens is 406 g/mol. The third kappa shape index (κ3) is 4.32. The molecule has 0 aliphatic heterocycles. The number of hydrogen-bond acceptors (Lipinski definition) is 6. The van der Waals surface area contributed by atoms with Gasteiger partial charge in [0.15, 0.2) is 0 Å². The van der Waals surface area contributed by atoms with Gasteiger partial charge in [-0.2, -0.15) is 0 Å². The Bertz CT molecular complexity index is 1040. The van der Waals surface area contributed by atoms with Gasteiger partial charge in [-0.1, -0.05) is 29.8 Å². The van der Waals surface area contributed by atoms with Crippen molar-refractivity contribution in [2.75, 3.05) is 25.3 Å². The number of carbonyl (C=O) groups is 1. The van der Waals surface area contributed by atoms with E-state index in [4.69, 9.17) is 25.6 Å². The summed E-state index contributed by atoms with van der Waals surface area (Å²) in [6, 6.07) is 12.2. The number of ether oxygens (including phenoxy) is 2. The molecule has 2 N–H and O–H groups in total. The second-order valence-electron chi connectivity index (χ2n) is 5.48. The fraction of sp³-hybridized carbons (Fsp3) is 0.167. The van der Waals surface area contributed by atoms with Crippen LogP contribution in [0, 0.1) is 0 Å². The van der Waals surface area contributed by atoms with Crippen LogP contribution in [0.3, 0.4) is 0 Å².